The third-order valence-electron chi connectivity index (χ3n) is 1.96. The SMILES string of the molecule is CN(CCOC(=O)c1occc1Br)CC(F)(F)F. The molecule has 18 heavy (non-hydrogen) atoms. The second-order valence-corrected chi connectivity index (χ2v) is 4.44. The van der Waals surface area contributed by atoms with Gasteiger partial charge in [0.1, 0.15) is 6.61 Å². The Morgan fingerprint density at radius 2 is 2.22 bits per heavy atom. The molecule has 0 saturated carbocycles. The summed E-state index contributed by atoms with van der Waals surface area (Å²) in [6, 6.07) is 1.52. The standard InChI is InChI=1S/C10H11BrF3NO3/c1-15(6-10(12,13)14)3-5-18-9(16)8-7(11)2-4-17-8/h2,4H,3,5-6H2,1H3. The Morgan fingerprint density at radius 3 is 2.72 bits per heavy atom. The molecule has 1 rings (SSSR count). The third-order valence-corrected chi connectivity index (χ3v) is 2.58. The molecule has 0 aliphatic rings. The molecule has 0 aromatic carbocycles. The average molecular weight is 330 g/mol. The number of hydrogen-bond donors (Lipinski definition) is 0. The van der Waals surface area contributed by atoms with E-state index in [1.165, 1.54) is 19.4 Å². The molecule has 0 radical (unpaired) electrons. The van der Waals surface area contributed by atoms with Crippen molar-refractivity contribution >= 4 is 21.9 Å². The Kier molecular flexibility index (Phi) is 5.21. The molecule has 1 heterocycles. The highest BCUT2D eigenvalue weighted by Crippen LogP contribution is 2.18. The maximum Gasteiger partial charge on any atom is 0.401 e. The zero-order chi connectivity index (χ0) is 13.8. The molecule has 0 unspecified atom stereocenters. The van der Waals surface area contributed by atoms with Crippen molar-refractivity contribution in [2.45, 2.75) is 6.18 Å². The normalized spacial score (nSPS) is 11.9. The van der Waals surface area contributed by atoms with E-state index < -0.39 is 18.7 Å². The second kappa shape index (κ2) is 6.24. The van der Waals surface area contributed by atoms with Gasteiger partial charge in [-0.2, -0.15) is 13.2 Å². The van der Waals surface area contributed by atoms with Crippen LogP contribution >= 0.6 is 15.9 Å². The number of alkyl halides is 3. The smallest absolute Gasteiger partial charge is 0.401 e. The summed E-state index contributed by atoms with van der Waals surface area (Å²) in [6.45, 7) is -1.20. The van der Waals surface area contributed by atoms with Crippen LogP contribution in [0.4, 0.5) is 13.2 Å². The highest BCUT2D eigenvalue weighted by molar-refractivity contribution is 9.10. The predicted molar refractivity (Wildman–Crippen MR) is 60.2 cm³/mol. The van der Waals surface area contributed by atoms with Crippen LogP contribution in [0, 0.1) is 0 Å². The number of carbonyl (C=O) groups excluding carboxylic acids is 1. The third kappa shape index (κ3) is 5.09. The summed E-state index contributed by atoms with van der Waals surface area (Å²) in [5, 5.41) is 0. The van der Waals surface area contributed by atoms with Gasteiger partial charge in [0, 0.05) is 6.54 Å². The van der Waals surface area contributed by atoms with Crippen LogP contribution in [0.25, 0.3) is 0 Å². The van der Waals surface area contributed by atoms with Crippen LogP contribution < -0.4 is 0 Å². The first-order chi connectivity index (χ1) is 8.29. The molecular formula is C10H11BrF3NO3. The molecule has 0 aliphatic heterocycles. The number of halogens is 4. The van der Waals surface area contributed by atoms with Crippen LogP contribution in [0.5, 0.6) is 0 Å². The van der Waals surface area contributed by atoms with Gasteiger partial charge in [0.05, 0.1) is 17.3 Å². The van der Waals surface area contributed by atoms with Gasteiger partial charge in [-0.25, -0.2) is 4.79 Å². The molecule has 0 bridgehead atoms. The van der Waals surface area contributed by atoms with E-state index in [1.807, 2.05) is 0 Å². The molecule has 8 heteroatoms. The van der Waals surface area contributed by atoms with Crippen LogP contribution in [0.15, 0.2) is 21.2 Å². The fourth-order valence-corrected chi connectivity index (χ4v) is 1.55. The van der Waals surface area contributed by atoms with Gasteiger partial charge in [0.25, 0.3) is 0 Å². The monoisotopic (exact) mass is 329 g/mol. The van der Waals surface area contributed by atoms with Gasteiger partial charge in [0.2, 0.25) is 5.76 Å². The van der Waals surface area contributed by atoms with E-state index in [0.29, 0.717) is 4.47 Å². The second-order valence-electron chi connectivity index (χ2n) is 3.59. The lowest BCUT2D eigenvalue weighted by molar-refractivity contribution is -0.143. The Balaban J connectivity index is 2.30. The zero-order valence-corrected chi connectivity index (χ0v) is 11.0. The van der Waals surface area contributed by atoms with Crippen molar-refractivity contribution in [3.63, 3.8) is 0 Å². The highest BCUT2D eigenvalue weighted by atomic mass is 79.9. The van der Waals surface area contributed by atoms with Crippen LogP contribution in [0.3, 0.4) is 0 Å². The number of furan rings is 1. The number of nitrogens with zero attached hydrogens (tertiary/aromatic N) is 1. The van der Waals surface area contributed by atoms with E-state index in [0.717, 1.165) is 4.90 Å². The highest BCUT2D eigenvalue weighted by Gasteiger charge is 2.29. The number of rotatable bonds is 5. The lowest BCUT2D eigenvalue weighted by atomic mass is 10.4. The fourth-order valence-electron chi connectivity index (χ4n) is 1.18. The summed E-state index contributed by atoms with van der Waals surface area (Å²) in [6.07, 6.45) is -2.96. The van der Waals surface area contributed by atoms with Crippen molar-refractivity contribution in [2.24, 2.45) is 0 Å². The van der Waals surface area contributed by atoms with Crippen molar-refractivity contribution in [3.05, 3.63) is 22.6 Å². The molecule has 1 aromatic rings. The molecule has 1 aromatic heterocycles. The van der Waals surface area contributed by atoms with Crippen molar-refractivity contribution in [1.82, 2.24) is 4.90 Å². The van der Waals surface area contributed by atoms with Gasteiger partial charge in [-0.15, -0.1) is 0 Å². The molecule has 0 N–H and O–H groups in total. The van der Waals surface area contributed by atoms with Crippen LogP contribution in [-0.4, -0.2) is 43.8 Å². The van der Waals surface area contributed by atoms with Gasteiger partial charge in [-0.05, 0) is 29.0 Å². The van der Waals surface area contributed by atoms with Crippen LogP contribution in [-0.2, 0) is 4.74 Å². The van der Waals surface area contributed by atoms with E-state index in [4.69, 9.17) is 9.15 Å². The van der Waals surface area contributed by atoms with Gasteiger partial charge in [-0.1, -0.05) is 0 Å². The largest absolute Gasteiger partial charge is 0.458 e. The Hall–Kier alpha value is -1.02. The molecule has 0 spiro atoms. The number of likely N-dealkylation sites (N-methyl/N-ethyl adjacent to an activating group) is 1. The summed E-state index contributed by atoms with van der Waals surface area (Å²) in [5.74, 6) is -0.722. The Morgan fingerprint density at radius 1 is 1.56 bits per heavy atom. The number of hydrogen-bond acceptors (Lipinski definition) is 4. The number of ether oxygens (including phenoxy) is 1. The zero-order valence-electron chi connectivity index (χ0n) is 9.46. The van der Waals surface area contributed by atoms with E-state index >= 15 is 0 Å². The maximum absolute atomic E-state index is 12.0. The molecule has 0 saturated heterocycles. The first kappa shape index (κ1) is 15.0. The van der Waals surface area contributed by atoms with Gasteiger partial charge < -0.3 is 9.15 Å². The number of esters is 1. The van der Waals surface area contributed by atoms with Crippen molar-refractivity contribution in [1.29, 1.82) is 0 Å². The lowest BCUT2D eigenvalue weighted by Gasteiger charge is -2.17. The lowest BCUT2D eigenvalue weighted by Crippen LogP contribution is -2.33. The Bertz CT molecular complexity index is 405. The van der Waals surface area contributed by atoms with E-state index in [2.05, 4.69) is 15.9 Å². The maximum atomic E-state index is 12.0. The minimum Gasteiger partial charge on any atom is -0.458 e. The molecule has 102 valence electrons. The van der Waals surface area contributed by atoms with Crippen LogP contribution in [0.1, 0.15) is 10.6 Å². The molecule has 4 nitrogen and oxygen atoms in total. The molecule has 0 atom stereocenters. The van der Waals surface area contributed by atoms with Gasteiger partial charge in [0.15, 0.2) is 0 Å². The predicted octanol–water partition coefficient (Wildman–Crippen LogP) is 2.69. The molecular weight excluding hydrogens is 319 g/mol. The molecule has 0 aliphatic carbocycles. The van der Waals surface area contributed by atoms with Crippen LogP contribution in [0.2, 0.25) is 0 Å². The number of carbonyl (C=O) groups is 1. The Labute approximate surface area is 110 Å². The summed E-state index contributed by atoms with van der Waals surface area (Å²) >= 11 is 3.07. The average Bonchev–Trinajstić information content (AvgIpc) is 2.61. The summed E-state index contributed by atoms with van der Waals surface area (Å²) in [4.78, 5) is 12.4. The van der Waals surface area contributed by atoms with Gasteiger partial charge in [-0.3, -0.25) is 4.90 Å². The van der Waals surface area contributed by atoms with Crippen molar-refractivity contribution < 1.29 is 27.1 Å². The molecule has 0 amide bonds. The fraction of sp³-hybridized carbons (Fsp3) is 0.500. The van der Waals surface area contributed by atoms with E-state index in [-0.39, 0.29) is 18.9 Å². The van der Waals surface area contributed by atoms with E-state index in [1.54, 1.807) is 0 Å². The van der Waals surface area contributed by atoms with E-state index in [9.17, 15) is 18.0 Å². The summed E-state index contributed by atoms with van der Waals surface area (Å²) in [5.41, 5.74) is 0. The first-order valence-corrected chi connectivity index (χ1v) is 5.74. The topological polar surface area (TPSA) is 42.7 Å². The minimum atomic E-state index is -4.26. The summed E-state index contributed by atoms with van der Waals surface area (Å²) in [7, 11) is 1.30. The minimum absolute atomic E-state index is 0.00604. The first-order valence-electron chi connectivity index (χ1n) is 4.95. The van der Waals surface area contributed by atoms with Crippen molar-refractivity contribution in [2.75, 3.05) is 26.7 Å². The van der Waals surface area contributed by atoms with Gasteiger partial charge >= 0.3 is 12.1 Å². The summed E-state index contributed by atoms with van der Waals surface area (Å²) < 4.78 is 46.1. The quantitative estimate of drug-likeness (QED) is 0.779. The molecule has 0 fully saturated rings. The van der Waals surface area contributed by atoms with Crippen molar-refractivity contribution in [3.8, 4) is 0 Å².